The molecule has 146 valence electrons. The highest BCUT2D eigenvalue weighted by Crippen LogP contribution is 2.45. The lowest BCUT2D eigenvalue weighted by Gasteiger charge is -2.52. The van der Waals surface area contributed by atoms with Gasteiger partial charge in [0.15, 0.2) is 0 Å². The van der Waals surface area contributed by atoms with Crippen molar-refractivity contribution >= 4 is 6.09 Å². The van der Waals surface area contributed by atoms with E-state index in [0.29, 0.717) is 5.41 Å². The second kappa shape index (κ2) is 14.6. The Labute approximate surface area is 152 Å². The SMILES string of the molecule is CC.CC.CCCC(C)C.COC(=O)N1CC2(CCC(C)CC2)C1. The Morgan fingerprint density at radius 1 is 1.12 bits per heavy atom. The van der Waals surface area contributed by atoms with Crippen LogP contribution in [0.15, 0.2) is 0 Å². The van der Waals surface area contributed by atoms with Crippen LogP contribution in [0.5, 0.6) is 0 Å². The van der Waals surface area contributed by atoms with Gasteiger partial charge in [0.2, 0.25) is 0 Å². The average Bonchev–Trinajstić information content (AvgIpc) is 2.57. The fourth-order valence-corrected chi connectivity index (χ4v) is 3.29. The fraction of sp³-hybridized carbons (Fsp3) is 0.952. The molecule has 1 aliphatic heterocycles. The molecule has 0 radical (unpaired) electrons. The number of carbonyl (C=O) groups excluding carboxylic acids is 1. The van der Waals surface area contributed by atoms with E-state index < -0.39 is 0 Å². The monoisotopic (exact) mass is 343 g/mol. The first kappa shape index (κ1) is 25.5. The van der Waals surface area contributed by atoms with Gasteiger partial charge in [-0.1, -0.05) is 81.1 Å². The molecular weight excluding hydrogens is 298 g/mol. The van der Waals surface area contributed by atoms with Gasteiger partial charge in [0, 0.05) is 18.5 Å². The molecular formula is C21H45NO2. The van der Waals surface area contributed by atoms with E-state index >= 15 is 0 Å². The summed E-state index contributed by atoms with van der Waals surface area (Å²) in [5, 5.41) is 0. The quantitative estimate of drug-likeness (QED) is 0.554. The minimum atomic E-state index is -0.158. The van der Waals surface area contributed by atoms with Crippen molar-refractivity contribution in [3.63, 3.8) is 0 Å². The highest BCUT2D eigenvalue weighted by atomic mass is 16.5. The van der Waals surface area contributed by atoms with Gasteiger partial charge in [-0.2, -0.15) is 0 Å². The van der Waals surface area contributed by atoms with E-state index in [9.17, 15) is 4.79 Å². The largest absolute Gasteiger partial charge is 0.453 e. The number of ether oxygens (including phenoxy) is 1. The second-order valence-corrected chi connectivity index (χ2v) is 7.19. The smallest absolute Gasteiger partial charge is 0.409 e. The highest BCUT2D eigenvalue weighted by Gasteiger charge is 2.46. The maximum atomic E-state index is 11.2. The average molecular weight is 344 g/mol. The Kier molecular flexibility index (Phi) is 15.5. The van der Waals surface area contributed by atoms with Crippen molar-refractivity contribution in [1.82, 2.24) is 4.90 Å². The lowest BCUT2D eigenvalue weighted by atomic mass is 9.66. The first-order valence-electron chi connectivity index (χ1n) is 10.3. The van der Waals surface area contributed by atoms with Crippen LogP contribution in [-0.4, -0.2) is 31.2 Å². The van der Waals surface area contributed by atoms with Gasteiger partial charge < -0.3 is 9.64 Å². The number of likely N-dealkylation sites (tertiary alicyclic amines) is 1. The maximum Gasteiger partial charge on any atom is 0.409 e. The van der Waals surface area contributed by atoms with E-state index in [1.165, 1.54) is 45.6 Å². The van der Waals surface area contributed by atoms with Gasteiger partial charge in [0.25, 0.3) is 0 Å². The van der Waals surface area contributed by atoms with Gasteiger partial charge in [-0.3, -0.25) is 0 Å². The Morgan fingerprint density at radius 3 is 1.88 bits per heavy atom. The van der Waals surface area contributed by atoms with Gasteiger partial charge in [0.05, 0.1) is 7.11 Å². The summed E-state index contributed by atoms with van der Waals surface area (Å²) >= 11 is 0. The molecule has 1 aliphatic carbocycles. The zero-order valence-electron chi connectivity index (χ0n) is 18.1. The number of rotatable bonds is 2. The first-order valence-corrected chi connectivity index (χ1v) is 10.3. The molecule has 0 aromatic carbocycles. The van der Waals surface area contributed by atoms with Crippen molar-refractivity contribution < 1.29 is 9.53 Å². The maximum absolute atomic E-state index is 11.2. The van der Waals surface area contributed by atoms with Crippen LogP contribution in [0.3, 0.4) is 0 Å². The molecule has 3 heteroatoms. The second-order valence-electron chi connectivity index (χ2n) is 7.19. The summed E-state index contributed by atoms with van der Waals surface area (Å²) in [5.41, 5.74) is 0.459. The summed E-state index contributed by atoms with van der Waals surface area (Å²) in [7, 11) is 1.45. The van der Waals surface area contributed by atoms with Crippen LogP contribution in [0.25, 0.3) is 0 Å². The van der Waals surface area contributed by atoms with Crippen molar-refractivity contribution in [3.05, 3.63) is 0 Å². The van der Waals surface area contributed by atoms with E-state index in [1.54, 1.807) is 0 Å². The molecule has 2 fully saturated rings. The molecule has 1 spiro atoms. The van der Waals surface area contributed by atoms with Crippen molar-refractivity contribution in [3.8, 4) is 0 Å². The fourth-order valence-electron chi connectivity index (χ4n) is 3.29. The number of methoxy groups -OCH3 is 1. The minimum absolute atomic E-state index is 0.158. The summed E-state index contributed by atoms with van der Waals surface area (Å²) in [6.07, 6.45) is 7.79. The highest BCUT2D eigenvalue weighted by molar-refractivity contribution is 5.68. The molecule has 0 N–H and O–H groups in total. The first-order chi connectivity index (χ1) is 11.4. The molecule has 24 heavy (non-hydrogen) atoms. The summed E-state index contributed by atoms with van der Waals surface area (Å²) < 4.78 is 4.70. The van der Waals surface area contributed by atoms with Crippen LogP contribution < -0.4 is 0 Å². The van der Waals surface area contributed by atoms with E-state index in [2.05, 4.69) is 27.7 Å². The number of carbonyl (C=O) groups is 1. The molecule has 0 bridgehead atoms. The summed E-state index contributed by atoms with van der Waals surface area (Å²) in [5.74, 6) is 1.78. The van der Waals surface area contributed by atoms with Crippen LogP contribution in [0.4, 0.5) is 4.79 Å². The van der Waals surface area contributed by atoms with E-state index in [-0.39, 0.29) is 6.09 Å². The zero-order chi connectivity index (χ0) is 19.2. The van der Waals surface area contributed by atoms with Crippen molar-refractivity contribution in [2.75, 3.05) is 20.2 Å². The molecule has 1 saturated carbocycles. The van der Waals surface area contributed by atoms with Crippen molar-refractivity contribution in [2.45, 2.75) is 93.9 Å². The predicted molar refractivity (Wildman–Crippen MR) is 106 cm³/mol. The third-order valence-corrected chi connectivity index (χ3v) is 4.69. The summed E-state index contributed by atoms with van der Waals surface area (Å²) in [6, 6.07) is 0. The molecule has 0 atom stereocenters. The Hall–Kier alpha value is -0.730. The Balaban J connectivity index is 0. The van der Waals surface area contributed by atoms with Crippen molar-refractivity contribution in [2.24, 2.45) is 17.3 Å². The molecule has 0 aromatic heterocycles. The minimum Gasteiger partial charge on any atom is -0.453 e. The molecule has 2 aliphatic rings. The topological polar surface area (TPSA) is 29.5 Å². The van der Waals surface area contributed by atoms with Gasteiger partial charge in [-0.05, 0) is 24.7 Å². The molecule has 1 amide bonds. The molecule has 3 nitrogen and oxygen atoms in total. The summed E-state index contributed by atoms with van der Waals surface area (Å²) in [6.45, 7) is 18.9. The molecule has 1 saturated heterocycles. The van der Waals surface area contributed by atoms with Gasteiger partial charge in [0.1, 0.15) is 0 Å². The standard InChI is InChI=1S/C11H19NO2.C6H14.2C2H6/c1-9-3-5-11(6-4-9)7-12(8-11)10(13)14-2;1-4-5-6(2)3;2*1-2/h9H,3-8H2,1-2H3;6H,4-5H2,1-3H3;2*1-2H3. The van der Waals surface area contributed by atoms with Crippen LogP contribution in [0.1, 0.15) is 93.9 Å². The van der Waals surface area contributed by atoms with E-state index in [1.807, 2.05) is 32.6 Å². The van der Waals surface area contributed by atoms with Crippen LogP contribution in [0.2, 0.25) is 0 Å². The van der Waals surface area contributed by atoms with Gasteiger partial charge in [-0.15, -0.1) is 0 Å². The lowest BCUT2D eigenvalue weighted by molar-refractivity contribution is -0.0279. The Morgan fingerprint density at radius 2 is 1.58 bits per heavy atom. The van der Waals surface area contributed by atoms with Crippen LogP contribution in [0, 0.1) is 17.3 Å². The Bertz CT molecular complexity index is 286. The molecule has 2 rings (SSSR count). The molecule has 1 heterocycles. The van der Waals surface area contributed by atoms with Gasteiger partial charge in [-0.25, -0.2) is 4.79 Å². The number of hydrogen-bond acceptors (Lipinski definition) is 2. The molecule has 0 unspecified atom stereocenters. The number of nitrogens with zero attached hydrogens (tertiary/aromatic N) is 1. The van der Waals surface area contributed by atoms with Crippen LogP contribution in [-0.2, 0) is 4.74 Å². The van der Waals surface area contributed by atoms with E-state index in [0.717, 1.165) is 24.9 Å². The van der Waals surface area contributed by atoms with Gasteiger partial charge >= 0.3 is 6.09 Å². The zero-order valence-corrected chi connectivity index (χ0v) is 18.1. The third-order valence-electron chi connectivity index (χ3n) is 4.69. The van der Waals surface area contributed by atoms with Crippen molar-refractivity contribution in [1.29, 1.82) is 0 Å². The third kappa shape index (κ3) is 9.54. The van der Waals surface area contributed by atoms with E-state index in [4.69, 9.17) is 4.74 Å². The number of hydrogen-bond donors (Lipinski definition) is 0. The number of amides is 1. The molecule has 0 aromatic rings. The summed E-state index contributed by atoms with van der Waals surface area (Å²) in [4.78, 5) is 13.0. The van der Waals surface area contributed by atoms with Crippen LogP contribution >= 0.6 is 0 Å². The normalized spacial score (nSPS) is 18.2. The lowest BCUT2D eigenvalue weighted by Crippen LogP contribution is -2.59. The predicted octanol–water partition coefficient (Wildman–Crippen LogP) is 6.76.